The average Bonchev–Trinajstić information content (AvgIpc) is 3.52. The van der Waals surface area contributed by atoms with E-state index in [1.54, 1.807) is 12.4 Å². The van der Waals surface area contributed by atoms with Crippen molar-refractivity contribution in [1.82, 2.24) is 10.2 Å². The summed E-state index contributed by atoms with van der Waals surface area (Å²) in [5.74, 6) is 3.42. The third-order valence-corrected chi connectivity index (χ3v) is 7.55. The number of benzene rings is 1. The molecule has 0 amide bonds. The van der Waals surface area contributed by atoms with Crippen molar-refractivity contribution in [2.24, 2.45) is 5.92 Å². The van der Waals surface area contributed by atoms with Gasteiger partial charge in [-0.2, -0.15) is 24.4 Å². The number of fused-ring (bicyclic) bond motifs is 1. The first-order chi connectivity index (χ1) is 15.4. The van der Waals surface area contributed by atoms with E-state index in [0.717, 1.165) is 54.2 Å². The minimum atomic E-state index is -0.170. The SMILES string of the molecule is CCC(C)C.CCC[C-]=O.Fc1c(Nc2cc(C3C[CH-]CC3)[nH]n2)ccc2c1CS(=S)C2.[U+2]. The van der Waals surface area contributed by atoms with Gasteiger partial charge in [0.05, 0.1) is 5.69 Å². The molecule has 1 aromatic heterocycles. The maximum Gasteiger partial charge on any atom is 2.00 e. The van der Waals surface area contributed by atoms with Crippen LogP contribution in [0.1, 0.15) is 89.0 Å². The summed E-state index contributed by atoms with van der Waals surface area (Å²) in [5, 5.41) is 10.4. The Morgan fingerprint density at radius 3 is 2.64 bits per heavy atom. The second kappa shape index (κ2) is 16.2. The molecule has 1 saturated carbocycles. The number of hydrogen-bond acceptors (Lipinski definition) is 4. The Kier molecular flexibility index (Phi) is 14.9. The summed E-state index contributed by atoms with van der Waals surface area (Å²) in [6, 6.07) is 5.78. The monoisotopic (exact) mass is 715 g/mol. The van der Waals surface area contributed by atoms with E-state index in [1.165, 1.54) is 6.42 Å². The summed E-state index contributed by atoms with van der Waals surface area (Å²) in [4.78, 5) is 9.28. The van der Waals surface area contributed by atoms with E-state index in [1.807, 2.05) is 19.1 Å². The van der Waals surface area contributed by atoms with Crippen LogP contribution in [0.4, 0.5) is 15.9 Å². The van der Waals surface area contributed by atoms with Crippen molar-refractivity contribution >= 4 is 38.4 Å². The van der Waals surface area contributed by atoms with Gasteiger partial charge in [0, 0.05) is 28.8 Å². The van der Waals surface area contributed by atoms with Gasteiger partial charge in [-0.1, -0.05) is 64.2 Å². The normalized spacial score (nSPS) is 18.4. The fourth-order valence-electron chi connectivity index (χ4n) is 3.32. The molecule has 0 spiro atoms. The van der Waals surface area contributed by atoms with Crippen LogP contribution in [0.25, 0.3) is 0 Å². The first kappa shape index (κ1) is 30.5. The number of anilines is 2. The molecule has 8 heteroatoms. The van der Waals surface area contributed by atoms with Crippen LogP contribution < -0.4 is 5.32 Å². The Morgan fingerprint density at radius 2 is 2.09 bits per heavy atom. The topological polar surface area (TPSA) is 57.8 Å². The van der Waals surface area contributed by atoms with Gasteiger partial charge in [-0.05, 0) is 23.5 Å². The van der Waals surface area contributed by atoms with Gasteiger partial charge in [0.2, 0.25) is 0 Å². The van der Waals surface area contributed by atoms with Gasteiger partial charge in [-0.15, -0.1) is 9.45 Å². The van der Waals surface area contributed by atoms with Gasteiger partial charge in [0.25, 0.3) is 0 Å². The predicted octanol–water partition coefficient (Wildman–Crippen LogP) is 6.81. The van der Waals surface area contributed by atoms with Crippen molar-refractivity contribution < 1.29 is 40.3 Å². The largest absolute Gasteiger partial charge is 2.00 e. The molecule has 2 N–H and O–H groups in total. The number of halogens is 1. The van der Waals surface area contributed by atoms with E-state index in [4.69, 9.17) is 11.2 Å². The number of carbonyl (C=O) groups excluding carboxylic acids is 1. The number of hydrogen-bond donors (Lipinski definition) is 2. The molecule has 33 heavy (non-hydrogen) atoms. The van der Waals surface area contributed by atoms with E-state index >= 15 is 0 Å². The summed E-state index contributed by atoms with van der Waals surface area (Å²) < 4.78 is 14.6. The first-order valence-electron chi connectivity index (χ1n) is 11.5. The number of unbranched alkanes of at least 4 members (excludes halogenated alkanes) is 1. The van der Waals surface area contributed by atoms with Crippen molar-refractivity contribution in [3.63, 3.8) is 0 Å². The third kappa shape index (κ3) is 9.92. The molecule has 2 atom stereocenters. The Bertz CT molecular complexity index is 883. The number of nitrogens with one attached hydrogen (secondary N) is 2. The molecule has 0 saturated heterocycles. The molecule has 1 aliphatic heterocycles. The molecule has 4 nitrogen and oxygen atoms in total. The molecule has 1 aliphatic carbocycles. The van der Waals surface area contributed by atoms with E-state index in [2.05, 4.69) is 42.7 Å². The van der Waals surface area contributed by atoms with Crippen molar-refractivity contribution in [3.8, 4) is 0 Å². The fourth-order valence-corrected chi connectivity index (χ4v) is 5.41. The average molecular weight is 716 g/mol. The van der Waals surface area contributed by atoms with Crippen molar-refractivity contribution in [3.05, 3.63) is 47.3 Å². The molecule has 2 unspecified atom stereocenters. The van der Waals surface area contributed by atoms with Crippen LogP contribution in [0.2, 0.25) is 0 Å². The molecule has 2 heterocycles. The number of aromatic nitrogens is 2. The summed E-state index contributed by atoms with van der Waals surface area (Å²) >= 11 is 5.32. The zero-order valence-electron chi connectivity index (χ0n) is 20.2. The molecule has 0 bridgehead atoms. The quantitative estimate of drug-likeness (QED) is 0.323. The minimum Gasteiger partial charge on any atom is -0.542 e. The molecule has 0 radical (unpaired) electrons. The summed E-state index contributed by atoms with van der Waals surface area (Å²) in [5.41, 5.74) is 3.46. The summed E-state index contributed by atoms with van der Waals surface area (Å²) in [6.45, 7) is 8.59. The number of nitrogens with zero attached hydrogens (tertiary/aromatic N) is 1. The second-order valence-electron chi connectivity index (χ2n) is 8.62. The Balaban J connectivity index is 0.000000422. The van der Waals surface area contributed by atoms with Gasteiger partial charge >= 0.3 is 31.1 Å². The van der Waals surface area contributed by atoms with Crippen LogP contribution in [-0.2, 0) is 36.9 Å². The van der Waals surface area contributed by atoms with Crippen LogP contribution in [-0.4, -0.2) is 16.5 Å². The number of H-pyrrole nitrogens is 1. The zero-order valence-corrected chi connectivity index (χ0v) is 26.0. The van der Waals surface area contributed by atoms with Crippen LogP contribution in [0.5, 0.6) is 0 Å². The standard InChI is InChI=1S/C16H17FN3S2.C5H12.C4H7O.U/c17-16-12-9-22(21)8-11(12)5-6-13(16)18-15-7-14(19-20-15)10-3-1-2-4-10;1-4-5(2)3;1-2-3-4-5;/h1,5-7,10H,2-4,8-9H2,(H2,18,19,20);5H,4H2,1-3H3;2-3H2,1H3;/q-1;;-1;+2. The van der Waals surface area contributed by atoms with Crippen LogP contribution in [0.15, 0.2) is 18.2 Å². The van der Waals surface area contributed by atoms with E-state index < -0.39 is 0 Å². The van der Waals surface area contributed by atoms with Crippen molar-refractivity contribution in [1.29, 1.82) is 0 Å². The molecule has 180 valence electrons. The van der Waals surface area contributed by atoms with Crippen LogP contribution >= 0.6 is 0 Å². The van der Waals surface area contributed by atoms with Gasteiger partial charge in [0.1, 0.15) is 0 Å². The molecule has 4 rings (SSSR count). The van der Waals surface area contributed by atoms with Crippen molar-refractivity contribution in [2.45, 2.75) is 83.6 Å². The van der Waals surface area contributed by atoms with Gasteiger partial charge in [-0.3, -0.25) is 11.4 Å². The van der Waals surface area contributed by atoms with E-state index in [0.29, 0.717) is 29.6 Å². The number of aromatic amines is 1. The second-order valence-corrected chi connectivity index (χ2v) is 11.5. The molecule has 2 aromatic rings. The van der Waals surface area contributed by atoms with Crippen molar-refractivity contribution in [2.75, 3.05) is 5.32 Å². The predicted molar refractivity (Wildman–Crippen MR) is 137 cm³/mol. The third-order valence-electron chi connectivity index (χ3n) is 5.60. The maximum absolute atomic E-state index is 14.6. The Morgan fingerprint density at radius 1 is 1.36 bits per heavy atom. The molecular weight excluding hydrogens is 679 g/mol. The number of rotatable bonds is 6. The molecule has 2 aliphatic rings. The van der Waals surface area contributed by atoms with E-state index in [-0.39, 0.29) is 46.4 Å². The Hall–Kier alpha value is -0.548. The Labute approximate surface area is 229 Å². The minimum absolute atomic E-state index is 0. The van der Waals surface area contributed by atoms with Gasteiger partial charge in [-0.25, -0.2) is 4.39 Å². The molecule has 1 aromatic carbocycles. The van der Waals surface area contributed by atoms with E-state index in [9.17, 15) is 9.18 Å². The van der Waals surface area contributed by atoms with Gasteiger partial charge in [0.15, 0.2) is 11.6 Å². The van der Waals surface area contributed by atoms with Crippen LogP contribution in [0, 0.1) is 49.3 Å². The van der Waals surface area contributed by atoms with Crippen LogP contribution in [0.3, 0.4) is 0 Å². The summed E-state index contributed by atoms with van der Waals surface area (Å²) in [7, 11) is -0.142. The molecular formula is C25H36FN3OS2U. The fraction of sp³-hybridized carbons (Fsp3) is 0.560. The molecule has 1 fully saturated rings. The van der Waals surface area contributed by atoms with Gasteiger partial charge < -0.3 is 16.5 Å². The first-order valence-corrected chi connectivity index (χ1v) is 14.0. The smallest absolute Gasteiger partial charge is 0.542 e. The summed E-state index contributed by atoms with van der Waals surface area (Å²) in [6.07, 6.45) is 10.3. The maximum atomic E-state index is 14.6. The zero-order chi connectivity index (χ0) is 23.5.